The van der Waals surface area contributed by atoms with E-state index in [9.17, 15) is 14.3 Å². The van der Waals surface area contributed by atoms with E-state index in [-0.39, 0.29) is 10.6 Å². The zero-order chi connectivity index (χ0) is 10.8. The smallest absolute Gasteiger partial charge is 0.258 e. The third kappa shape index (κ3) is 1.90. The van der Waals surface area contributed by atoms with Gasteiger partial charge in [0.15, 0.2) is 0 Å². The van der Waals surface area contributed by atoms with Gasteiger partial charge >= 0.3 is 0 Å². The molecule has 1 aromatic carbocycles. The molecule has 1 atom stereocenters. The van der Waals surface area contributed by atoms with Crippen molar-refractivity contribution in [3.05, 3.63) is 34.4 Å². The van der Waals surface area contributed by atoms with Gasteiger partial charge in [0.05, 0.1) is 14.7 Å². The number of para-hydroxylation sites is 1. The Kier molecular flexibility index (Phi) is 2.85. The Balaban J connectivity index is 3.51. The second kappa shape index (κ2) is 3.75. The molecule has 0 aliphatic carbocycles. The van der Waals surface area contributed by atoms with Gasteiger partial charge < -0.3 is 0 Å². The molecular weight excluding hydrogens is 204 g/mol. The number of nitro benzene ring substituents is 1. The fourth-order valence-corrected chi connectivity index (χ4v) is 2.09. The molecule has 0 N–H and O–H groups in total. The van der Waals surface area contributed by atoms with E-state index in [0.29, 0.717) is 0 Å². The molecule has 0 saturated carbocycles. The summed E-state index contributed by atoms with van der Waals surface area (Å²) in [6.45, 7) is 0. The summed E-state index contributed by atoms with van der Waals surface area (Å²) in [5, 5.41) is 10.6. The lowest BCUT2D eigenvalue weighted by Crippen LogP contribution is -2.02. The molecule has 14 heavy (non-hydrogen) atoms. The lowest BCUT2D eigenvalue weighted by molar-refractivity contribution is -0.387. The monoisotopic (exact) mass is 214 g/mol. The molecule has 0 amide bonds. The van der Waals surface area contributed by atoms with Crippen LogP contribution in [0.3, 0.4) is 0 Å². The zero-order valence-electron chi connectivity index (χ0n) is 7.84. The molecule has 0 aliphatic rings. The SMILES string of the molecule is CN=S(C)(=O)c1ccccc1[N+](=O)[O-]. The van der Waals surface area contributed by atoms with E-state index in [2.05, 4.69) is 4.36 Å². The lowest BCUT2D eigenvalue weighted by Gasteiger charge is -2.03. The van der Waals surface area contributed by atoms with Crippen molar-refractivity contribution in [2.24, 2.45) is 4.36 Å². The molecule has 1 unspecified atom stereocenters. The summed E-state index contributed by atoms with van der Waals surface area (Å²) >= 11 is 0. The molecule has 0 bridgehead atoms. The Morgan fingerprint density at radius 3 is 2.50 bits per heavy atom. The Morgan fingerprint density at radius 2 is 2.00 bits per heavy atom. The number of nitrogens with zero attached hydrogens (tertiary/aromatic N) is 2. The number of benzene rings is 1. The van der Waals surface area contributed by atoms with Crippen molar-refractivity contribution in [2.75, 3.05) is 13.3 Å². The van der Waals surface area contributed by atoms with Gasteiger partial charge in [0.2, 0.25) is 0 Å². The van der Waals surface area contributed by atoms with E-state index in [0.717, 1.165) is 0 Å². The van der Waals surface area contributed by atoms with Crippen LogP contribution in [0.4, 0.5) is 5.69 Å². The molecule has 76 valence electrons. The van der Waals surface area contributed by atoms with Crippen molar-refractivity contribution in [2.45, 2.75) is 4.90 Å². The second-order valence-corrected chi connectivity index (χ2v) is 5.12. The Hall–Kier alpha value is -1.43. The third-order valence-corrected chi connectivity index (χ3v) is 3.68. The van der Waals surface area contributed by atoms with Gasteiger partial charge in [0.25, 0.3) is 5.69 Å². The minimum atomic E-state index is -2.64. The summed E-state index contributed by atoms with van der Waals surface area (Å²) in [6, 6.07) is 5.93. The van der Waals surface area contributed by atoms with E-state index in [1.807, 2.05) is 0 Å². The van der Waals surface area contributed by atoms with Crippen molar-refractivity contribution in [3.8, 4) is 0 Å². The third-order valence-electron chi connectivity index (χ3n) is 1.82. The molecule has 0 radical (unpaired) electrons. The van der Waals surface area contributed by atoms with E-state index < -0.39 is 14.7 Å². The molecular formula is C8H10N2O3S. The van der Waals surface area contributed by atoms with Gasteiger partial charge in [-0.2, -0.15) is 0 Å². The molecule has 5 nitrogen and oxygen atoms in total. The highest BCUT2D eigenvalue weighted by Gasteiger charge is 2.18. The highest BCUT2D eigenvalue weighted by Crippen LogP contribution is 2.23. The Morgan fingerprint density at radius 1 is 1.43 bits per heavy atom. The normalized spacial score (nSPS) is 14.4. The van der Waals surface area contributed by atoms with Crippen LogP contribution in [-0.2, 0) is 9.73 Å². The minimum Gasteiger partial charge on any atom is -0.258 e. The first-order valence-electron chi connectivity index (χ1n) is 3.82. The number of hydrogen-bond donors (Lipinski definition) is 0. The van der Waals surface area contributed by atoms with Gasteiger partial charge in [-0.3, -0.25) is 10.1 Å². The topological polar surface area (TPSA) is 72.6 Å². The highest BCUT2D eigenvalue weighted by atomic mass is 32.2. The van der Waals surface area contributed by atoms with Crippen LogP contribution in [0.25, 0.3) is 0 Å². The van der Waals surface area contributed by atoms with Gasteiger partial charge in [-0.15, -0.1) is 0 Å². The molecule has 1 rings (SSSR count). The summed E-state index contributed by atoms with van der Waals surface area (Å²) in [7, 11) is -1.25. The van der Waals surface area contributed by atoms with E-state index >= 15 is 0 Å². The van der Waals surface area contributed by atoms with Crippen molar-refractivity contribution in [1.82, 2.24) is 0 Å². The largest absolute Gasteiger partial charge is 0.286 e. The van der Waals surface area contributed by atoms with Crippen molar-refractivity contribution >= 4 is 15.4 Å². The maximum absolute atomic E-state index is 11.8. The summed E-state index contributed by atoms with van der Waals surface area (Å²) in [5.74, 6) is 0. The fraction of sp³-hybridized carbons (Fsp3) is 0.250. The molecule has 0 spiro atoms. The van der Waals surface area contributed by atoms with Crippen LogP contribution in [-0.4, -0.2) is 22.4 Å². The van der Waals surface area contributed by atoms with Gasteiger partial charge in [-0.05, 0) is 6.07 Å². The number of nitro groups is 1. The molecule has 0 saturated heterocycles. The molecule has 6 heteroatoms. The van der Waals surface area contributed by atoms with Gasteiger partial charge in [-0.25, -0.2) is 8.57 Å². The minimum absolute atomic E-state index is 0.148. The van der Waals surface area contributed by atoms with Crippen LogP contribution in [0.5, 0.6) is 0 Å². The van der Waals surface area contributed by atoms with E-state index in [1.54, 1.807) is 6.07 Å². The first-order valence-corrected chi connectivity index (χ1v) is 5.75. The molecule has 1 aromatic rings. The number of hydrogen-bond acceptors (Lipinski definition) is 4. The molecule has 0 aromatic heterocycles. The van der Waals surface area contributed by atoms with E-state index in [1.165, 1.54) is 31.5 Å². The van der Waals surface area contributed by atoms with Crippen LogP contribution in [0, 0.1) is 10.1 Å². The predicted molar refractivity (Wildman–Crippen MR) is 53.8 cm³/mol. The fourth-order valence-electron chi connectivity index (χ4n) is 1.03. The van der Waals surface area contributed by atoms with Crippen molar-refractivity contribution in [1.29, 1.82) is 0 Å². The first kappa shape index (κ1) is 10.6. The quantitative estimate of drug-likeness (QED) is 0.555. The van der Waals surface area contributed by atoms with Crippen LogP contribution in [0.1, 0.15) is 0 Å². The Labute approximate surface area is 82.1 Å². The summed E-state index contributed by atoms with van der Waals surface area (Å²) < 4.78 is 15.5. The molecule has 0 heterocycles. The van der Waals surface area contributed by atoms with Crippen molar-refractivity contribution in [3.63, 3.8) is 0 Å². The van der Waals surface area contributed by atoms with E-state index in [4.69, 9.17) is 0 Å². The summed E-state index contributed by atoms with van der Waals surface area (Å²) in [5.41, 5.74) is -0.148. The average molecular weight is 214 g/mol. The highest BCUT2D eigenvalue weighted by molar-refractivity contribution is 7.93. The summed E-state index contributed by atoms with van der Waals surface area (Å²) in [6.07, 6.45) is 1.38. The van der Waals surface area contributed by atoms with Gasteiger partial charge in [-0.1, -0.05) is 12.1 Å². The maximum atomic E-state index is 11.8. The molecule has 0 fully saturated rings. The Bertz CT molecular complexity index is 475. The first-order chi connectivity index (χ1) is 6.49. The summed E-state index contributed by atoms with van der Waals surface area (Å²) in [4.78, 5) is 10.2. The van der Waals surface area contributed by atoms with Crippen LogP contribution < -0.4 is 0 Å². The number of rotatable bonds is 2. The van der Waals surface area contributed by atoms with Gasteiger partial charge in [0.1, 0.15) is 4.90 Å². The average Bonchev–Trinajstić information content (AvgIpc) is 2.18. The van der Waals surface area contributed by atoms with Crippen molar-refractivity contribution < 1.29 is 9.13 Å². The van der Waals surface area contributed by atoms with Gasteiger partial charge in [0, 0.05) is 19.4 Å². The predicted octanol–water partition coefficient (Wildman–Crippen LogP) is 1.68. The second-order valence-electron chi connectivity index (χ2n) is 2.71. The maximum Gasteiger partial charge on any atom is 0.286 e. The standard InChI is InChI=1S/C8H10N2O3S/c1-9-14(2,13)8-6-4-3-5-7(8)10(11)12/h3-6H,1-2H3. The van der Waals surface area contributed by atoms with Crippen LogP contribution >= 0.6 is 0 Å². The van der Waals surface area contributed by atoms with Crippen LogP contribution in [0.2, 0.25) is 0 Å². The van der Waals surface area contributed by atoms with Crippen LogP contribution in [0.15, 0.2) is 33.5 Å². The zero-order valence-corrected chi connectivity index (χ0v) is 8.65. The molecule has 0 aliphatic heterocycles. The lowest BCUT2D eigenvalue weighted by atomic mass is 10.3.